The number of hydrogen-bond donors (Lipinski definition) is 2. The molecule has 2 N–H and O–H groups in total. The van der Waals surface area contributed by atoms with Gasteiger partial charge in [0.15, 0.2) is 0 Å². The standard InChI is InChI=1S/C15H34N2O2/c1-5-10-16-15(6-2,14-18)9-8-11-17(4)12-13-19-7-3/h16,18H,5-14H2,1-4H3. The molecule has 0 fully saturated rings. The molecule has 19 heavy (non-hydrogen) atoms. The van der Waals surface area contributed by atoms with Crippen LogP contribution >= 0.6 is 0 Å². The molecule has 0 heterocycles. The van der Waals surface area contributed by atoms with Crippen LogP contribution in [-0.2, 0) is 4.74 Å². The highest BCUT2D eigenvalue weighted by atomic mass is 16.5. The predicted molar refractivity (Wildman–Crippen MR) is 81.6 cm³/mol. The molecule has 0 saturated heterocycles. The zero-order chi connectivity index (χ0) is 14.6. The summed E-state index contributed by atoms with van der Waals surface area (Å²) >= 11 is 0. The van der Waals surface area contributed by atoms with Gasteiger partial charge in [-0.15, -0.1) is 0 Å². The summed E-state index contributed by atoms with van der Waals surface area (Å²) in [5.74, 6) is 0. The van der Waals surface area contributed by atoms with Crippen LogP contribution in [0.4, 0.5) is 0 Å². The van der Waals surface area contributed by atoms with Crippen LogP contribution in [0.15, 0.2) is 0 Å². The van der Waals surface area contributed by atoms with Crippen LogP contribution in [0.25, 0.3) is 0 Å². The van der Waals surface area contributed by atoms with Crippen molar-refractivity contribution in [1.29, 1.82) is 0 Å². The monoisotopic (exact) mass is 274 g/mol. The summed E-state index contributed by atoms with van der Waals surface area (Å²) in [7, 11) is 2.13. The molecule has 4 heteroatoms. The van der Waals surface area contributed by atoms with Crippen molar-refractivity contribution in [2.24, 2.45) is 0 Å². The van der Waals surface area contributed by atoms with E-state index in [4.69, 9.17) is 4.74 Å². The van der Waals surface area contributed by atoms with Crippen LogP contribution in [0.3, 0.4) is 0 Å². The number of nitrogens with zero attached hydrogens (tertiary/aromatic N) is 1. The third-order valence-electron chi connectivity index (χ3n) is 3.75. The molecule has 0 aliphatic rings. The Labute approximate surface area is 119 Å². The van der Waals surface area contributed by atoms with Crippen molar-refractivity contribution in [3.63, 3.8) is 0 Å². The van der Waals surface area contributed by atoms with E-state index in [1.165, 1.54) is 0 Å². The second-order valence-corrected chi connectivity index (χ2v) is 5.32. The Hall–Kier alpha value is -0.160. The Bertz CT molecular complexity index is 197. The summed E-state index contributed by atoms with van der Waals surface area (Å²) in [5.41, 5.74) is -0.0865. The number of rotatable bonds is 13. The van der Waals surface area contributed by atoms with E-state index in [1.54, 1.807) is 0 Å². The van der Waals surface area contributed by atoms with Gasteiger partial charge in [-0.3, -0.25) is 0 Å². The molecule has 0 aliphatic heterocycles. The van der Waals surface area contributed by atoms with Gasteiger partial charge < -0.3 is 20.1 Å². The van der Waals surface area contributed by atoms with E-state index in [-0.39, 0.29) is 12.1 Å². The van der Waals surface area contributed by atoms with E-state index in [0.29, 0.717) is 0 Å². The Balaban J connectivity index is 3.91. The number of likely N-dealkylation sites (N-methyl/N-ethyl adjacent to an activating group) is 1. The quantitative estimate of drug-likeness (QED) is 0.503. The maximum atomic E-state index is 9.65. The van der Waals surface area contributed by atoms with Gasteiger partial charge in [-0.2, -0.15) is 0 Å². The molecule has 1 unspecified atom stereocenters. The first-order valence-electron chi connectivity index (χ1n) is 7.76. The molecule has 0 amide bonds. The molecular weight excluding hydrogens is 240 g/mol. The van der Waals surface area contributed by atoms with Crippen molar-refractivity contribution in [2.45, 2.75) is 52.0 Å². The highest BCUT2D eigenvalue weighted by Crippen LogP contribution is 2.17. The van der Waals surface area contributed by atoms with Crippen molar-refractivity contribution in [3.8, 4) is 0 Å². The van der Waals surface area contributed by atoms with Crippen LogP contribution in [0.5, 0.6) is 0 Å². The lowest BCUT2D eigenvalue weighted by atomic mass is 9.91. The van der Waals surface area contributed by atoms with Crippen molar-refractivity contribution in [1.82, 2.24) is 10.2 Å². The molecule has 0 bridgehead atoms. The van der Waals surface area contributed by atoms with E-state index in [2.05, 4.69) is 31.1 Å². The van der Waals surface area contributed by atoms with Gasteiger partial charge in [0.2, 0.25) is 0 Å². The summed E-state index contributed by atoms with van der Waals surface area (Å²) in [4.78, 5) is 2.30. The molecule has 0 aromatic heterocycles. The smallest absolute Gasteiger partial charge is 0.0613 e. The molecule has 1 atom stereocenters. The topological polar surface area (TPSA) is 44.7 Å². The number of aliphatic hydroxyl groups excluding tert-OH is 1. The number of ether oxygens (including phenoxy) is 1. The van der Waals surface area contributed by atoms with Crippen molar-refractivity contribution in [3.05, 3.63) is 0 Å². The molecule has 4 nitrogen and oxygen atoms in total. The SMILES string of the molecule is CCCNC(CC)(CO)CCCN(C)CCOCC. The van der Waals surface area contributed by atoms with Gasteiger partial charge in [0.05, 0.1) is 13.2 Å². The fourth-order valence-electron chi connectivity index (χ4n) is 2.19. The highest BCUT2D eigenvalue weighted by molar-refractivity contribution is 4.86. The molecule has 116 valence electrons. The predicted octanol–water partition coefficient (Wildman–Crippen LogP) is 1.88. The second-order valence-electron chi connectivity index (χ2n) is 5.32. The van der Waals surface area contributed by atoms with Crippen LogP contribution in [-0.4, -0.2) is 62.0 Å². The van der Waals surface area contributed by atoms with Gasteiger partial charge >= 0.3 is 0 Å². The number of nitrogens with one attached hydrogen (secondary N) is 1. The van der Waals surface area contributed by atoms with Gasteiger partial charge in [0, 0.05) is 18.7 Å². The van der Waals surface area contributed by atoms with Gasteiger partial charge in [0.25, 0.3) is 0 Å². The Morgan fingerprint density at radius 3 is 2.47 bits per heavy atom. The molecule has 0 aromatic rings. The minimum atomic E-state index is -0.0865. The van der Waals surface area contributed by atoms with E-state index >= 15 is 0 Å². The fraction of sp³-hybridized carbons (Fsp3) is 1.00. The summed E-state index contributed by atoms with van der Waals surface area (Å²) < 4.78 is 5.35. The van der Waals surface area contributed by atoms with Gasteiger partial charge in [-0.1, -0.05) is 13.8 Å². The number of hydrogen-bond acceptors (Lipinski definition) is 4. The molecule has 0 aromatic carbocycles. The fourth-order valence-corrected chi connectivity index (χ4v) is 2.19. The van der Waals surface area contributed by atoms with Crippen LogP contribution in [0, 0.1) is 0 Å². The average Bonchev–Trinajstić information content (AvgIpc) is 2.43. The highest BCUT2D eigenvalue weighted by Gasteiger charge is 2.25. The average molecular weight is 274 g/mol. The third kappa shape index (κ3) is 8.58. The lowest BCUT2D eigenvalue weighted by Crippen LogP contribution is -2.48. The second kappa shape index (κ2) is 11.6. The zero-order valence-corrected chi connectivity index (χ0v) is 13.4. The van der Waals surface area contributed by atoms with Gasteiger partial charge in [0.1, 0.15) is 0 Å². The van der Waals surface area contributed by atoms with E-state index < -0.39 is 0 Å². The zero-order valence-electron chi connectivity index (χ0n) is 13.4. The van der Waals surface area contributed by atoms with Crippen LogP contribution in [0.1, 0.15) is 46.5 Å². The molecular formula is C15H34N2O2. The van der Waals surface area contributed by atoms with Crippen molar-refractivity contribution in [2.75, 3.05) is 46.5 Å². The van der Waals surface area contributed by atoms with E-state index in [1.807, 2.05) is 6.92 Å². The first kappa shape index (κ1) is 18.8. The third-order valence-corrected chi connectivity index (χ3v) is 3.75. The lowest BCUT2D eigenvalue weighted by Gasteiger charge is -2.33. The summed E-state index contributed by atoms with van der Waals surface area (Å²) in [6, 6.07) is 0. The molecule has 0 saturated carbocycles. The van der Waals surface area contributed by atoms with E-state index in [9.17, 15) is 5.11 Å². The normalized spacial score (nSPS) is 14.8. The van der Waals surface area contributed by atoms with Crippen LogP contribution < -0.4 is 5.32 Å². The van der Waals surface area contributed by atoms with Crippen LogP contribution in [0.2, 0.25) is 0 Å². The Morgan fingerprint density at radius 1 is 1.21 bits per heavy atom. The lowest BCUT2D eigenvalue weighted by molar-refractivity contribution is 0.115. The molecule has 0 rings (SSSR count). The van der Waals surface area contributed by atoms with Crippen molar-refractivity contribution < 1.29 is 9.84 Å². The summed E-state index contributed by atoms with van der Waals surface area (Å²) in [5, 5.41) is 13.2. The largest absolute Gasteiger partial charge is 0.394 e. The van der Waals surface area contributed by atoms with Gasteiger partial charge in [-0.05, 0) is 52.7 Å². The summed E-state index contributed by atoms with van der Waals surface area (Å²) in [6.07, 6.45) is 4.22. The molecule has 0 aliphatic carbocycles. The Morgan fingerprint density at radius 2 is 1.95 bits per heavy atom. The summed E-state index contributed by atoms with van der Waals surface area (Å²) in [6.45, 7) is 11.2. The maximum Gasteiger partial charge on any atom is 0.0613 e. The molecule has 0 spiro atoms. The van der Waals surface area contributed by atoms with Gasteiger partial charge in [-0.25, -0.2) is 0 Å². The Kier molecular flexibility index (Phi) is 11.6. The maximum absolute atomic E-state index is 9.65. The minimum absolute atomic E-state index is 0.0865. The first-order valence-corrected chi connectivity index (χ1v) is 7.76. The number of aliphatic hydroxyl groups is 1. The first-order chi connectivity index (χ1) is 9.14. The minimum Gasteiger partial charge on any atom is -0.394 e. The van der Waals surface area contributed by atoms with Crippen molar-refractivity contribution >= 4 is 0 Å². The van der Waals surface area contributed by atoms with E-state index in [0.717, 1.165) is 58.5 Å². The molecule has 0 radical (unpaired) electrons.